The van der Waals surface area contributed by atoms with Crippen molar-refractivity contribution in [3.8, 4) is 0 Å². The molecule has 0 aliphatic heterocycles. The van der Waals surface area contributed by atoms with Crippen LogP contribution in [0.1, 0.15) is 5.56 Å². The largest absolute Gasteiger partial charge is 0.308 e. The van der Waals surface area contributed by atoms with Gasteiger partial charge in [-0.25, -0.2) is 8.42 Å². The van der Waals surface area contributed by atoms with E-state index in [1.807, 2.05) is 25.1 Å². The number of hydrogen-bond acceptors (Lipinski definition) is 3. The summed E-state index contributed by atoms with van der Waals surface area (Å²) < 4.78 is 27.0. The highest BCUT2D eigenvalue weighted by molar-refractivity contribution is 9.10. The van der Waals surface area contributed by atoms with Gasteiger partial charge in [-0.1, -0.05) is 22.0 Å². The molecule has 0 fully saturated rings. The standard InChI is InChI=1S/C12H19BrN2O2S/c1-10-5-6-11(13)9-12(10)18(16,17)15(4)8-7-14(2)3/h5-6,9H,7-8H2,1-4H3. The van der Waals surface area contributed by atoms with E-state index in [2.05, 4.69) is 15.9 Å². The smallest absolute Gasteiger partial charge is 0.243 e. The normalized spacial score (nSPS) is 12.4. The maximum absolute atomic E-state index is 12.4. The molecule has 0 aliphatic rings. The molecule has 18 heavy (non-hydrogen) atoms. The maximum atomic E-state index is 12.4. The number of benzene rings is 1. The van der Waals surface area contributed by atoms with Crippen LogP contribution in [0.2, 0.25) is 0 Å². The Labute approximate surface area is 118 Å². The van der Waals surface area contributed by atoms with Crippen LogP contribution in [0.5, 0.6) is 0 Å². The van der Waals surface area contributed by atoms with Gasteiger partial charge in [0.25, 0.3) is 0 Å². The van der Waals surface area contributed by atoms with E-state index in [0.717, 1.165) is 10.0 Å². The molecule has 0 unspecified atom stereocenters. The predicted molar refractivity (Wildman–Crippen MR) is 77.2 cm³/mol. The Morgan fingerprint density at radius 3 is 2.33 bits per heavy atom. The van der Waals surface area contributed by atoms with Gasteiger partial charge < -0.3 is 4.90 Å². The number of hydrogen-bond donors (Lipinski definition) is 0. The molecular weight excluding hydrogens is 316 g/mol. The average molecular weight is 335 g/mol. The van der Waals surface area contributed by atoms with Crippen LogP contribution in [0.4, 0.5) is 0 Å². The summed E-state index contributed by atoms with van der Waals surface area (Å²) in [4.78, 5) is 2.32. The van der Waals surface area contributed by atoms with Crippen molar-refractivity contribution in [3.05, 3.63) is 28.2 Å². The minimum absolute atomic E-state index is 0.359. The minimum atomic E-state index is -3.41. The molecular formula is C12H19BrN2O2S. The monoisotopic (exact) mass is 334 g/mol. The van der Waals surface area contributed by atoms with E-state index in [4.69, 9.17) is 0 Å². The lowest BCUT2D eigenvalue weighted by atomic mass is 10.2. The third-order valence-electron chi connectivity index (χ3n) is 2.70. The van der Waals surface area contributed by atoms with Crippen LogP contribution in [-0.2, 0) is 10.0 Å². The molecule has 0 heterocycles. The van der Waals surface area contributed by atoms with Gasteiger partial charge in [0, 0.05) is 24.6 Å². The van der Waals surface area contributed by atoms with Gasteiger partial charge in [0.15, 0.2) is 0 Å². The van der Waals surface area contributed by atoms with E-state index in [1.54, 1.807) is 26.1 Å². The molecule has 1 rings (SSSR count). The molecule has 0 atom stereocenters. The van der Waals surface area contributed by atoms with Gasteiger partial charge in [-0.3, -0.25) is 0 Å². The highest BCUT2D eigenvalue weighted by Crippen LogP contribution is 2.23. The Hall–Kier alpha value is -0.430. The lowest BCUT2D eigenvalue weighted by Gasteiger charge is -2.20. The Morgan fingerprint density at radius 1 is 1.17 bits per heavy atom. The number of nitrogens with zero attached hydrogens (tertiary/aromatic N) is 2. The van der Waals surface area contributed by atoms with Crippen LogP contribution in [0.15, 0.2) is 27.6 Å². The molecule has 0 bridgehead atoms. The molecule has 0 saturated carbocycles. The van der Waals surface area contributed by atoms with Crippen molar-refractivity contribution in [3.63, 3.8) is 0 Å². The summed E-state index contributed by atoms with van der Waals surface area (Å²) in [6, 6.07) is 5.29. The van der Waals surface area contributed by atoms with Gasteiger partial charge >= 0.3 is 0 Å². The fraction of sp³-hybridized carbons (Fsp3) is 0.500. The molecule has 1 aromatic rings. The first-order chi connectivity index (χ1) is 8.25. The third-order valence-corrected chi connectivity index (χ3v) is 5.19. The summed E-state index contributed by atoms with van der Waals surface area (Å²) in [5.74, 6) is 0. The lowest BCUT2D eigenvalue weighted by Crippen LogP contribution is -2.33. The average Bonchev–Trinajstić information content (AvgIpc) is 2.28. The Morgan fingerprint density at radius 2 is 1.78 bits per heavy atom. The van der Waals surface area contributed by atoms with Gasteiger partial charge in [0.1, 0.15) is 0 Å². The molecule has 1 aromatic carbocycles. The number of likely N-dealkylation sites (N-methyl/N-ethyl adjacent to an activating group) is 2. The van der Waals surface area contributed by atoms with Crippen molar-refractivity contribution >= 4 is 26.0 Å². The second-order valence-electron chi connectivity index (χ2n) is 4.54. The molecule has 0 radical (unpaired) electrons. The molecule has 0 N–H and O–H groups in total. The van der Waals surface area contributed by atoms with Crippen molar-refractivity contribution in [2.75, 3.05) is 34.2 Å². The molecule has 0 aromatic heterocycles. The summed E-state index contributed by atoms with van der Waals surface area (Å²) in [5.41, 5.74) is 0.759. The van der Waals surface area contributed by atoms with Crippen LogP contribution >= 0.6 is 15.9 Å². The van der Waals surface area contributed by atoms with E-state index < -0.39 is 10.0 Å². The number of halogens is 1. The molecule has 0 aliphatic carbocycles. The highest BCUT2D eigenvalue weighted by Gasteiger charge is 2.22. The Kier molecular flexibility index (Phi) is 5.33. The van der Waals surface area contributed by atoms with E-state index in [-0.39, 0.29) is 0 Å². The van der Waals surface area contributed by atoms with Crippen molar-refractivity contribution in [2.24, 2.45) is 0 Å². The topological polar surface area (TPSA) is 40.6 Å². The number of aryl methyl sites for hydroxylation is 1. The van der Waals surface area contributed by atoms with Crippen LogP contribution in [0.25, 0.3) is 0 Å². The Bertz CT molecular complexity index is 515. The second kappa shape index (κ2) is 6.14. The van der Waals surface area contributed by atoms with Crippen molar-refractivity contribution < 1.29 is 8.42 Å². The van der Waals surface area contributed by atoms with Crippen molar-refractivity contribution in [2.45, 2.75) is 11.8 Å². The molecule has 0 spiro atoms. The zero-order valence-corrected chi connectivity index (χ0v) is 13.5. The van der Waals surface area contributed by atoms with Crippen molar-refractivity contribution in [1.82, 2.24) is 9.21 Å². The highest BCUT2D eigenvalue weighted by atomic mass is 79.9. The molecule has 102 valence electrons. The first kappa shape index (κ1) is 15.6. The zero-order chi connectivity index (χ0) is 13.9. The predicted octanol–water partition coefficient (Wildman–Crippen LogP) is 1.94. The second-order valence-corrected chi connectivity index (χ2v) is 7.47. The van der Waals surface area contributed by atoms with Gasteiger partial charge in [-0.05, 0) is 38.7 Å². The van der Waals surface area contributed by atoms with Gasteiger partial charge in [0.05, 0.1) is 4.90 Å². The van der Waals surface area contributed by atoms with Gasteiger partial charge in [-0.15, -0.1) is 0 Å². The fourth-order valence-electron chi connectivity index (χ4n) is 1.48. The number of sulfonamides is 1. The fourth-order valence-corrected chi connectivity index (χ4v) is 3.40. The lowest BCUT2D eigenvalue weighted by molar-refractivity contribution is 0.358. The molecule has 6 heteroatoms. The van der Waals surface area contributed by atoms with E-state index >= 15 is 0 Å². The Balaban J connectivity index is 3.02. The first-order valence-electron chi connectivity index (χ1n) is 5.62. The maximum Gasteiger partial charge on any atom is 0.243 e. The van der Waals surface area contributed by atoms with E-state index in [1.165, 1.54) is 4.31 Å². The SMILES string of the molecule is Cc1ccc(Br)cc1S(=O)(=O)N(C)CCN(C)C. The van der Waals surface area contributed by atoms with E-state index in [9.17, 15) is 8.42 Å². The summed E-state index contributed by atoms with van der Waals surface area (Å²) in [5, 5.41) is 0. The van der Waals surface area contributed by atoms with Crippen LogP contribution < -0.4 is 0 Å². The molecule has 0 amide bonds. The van der Waals surface area contributed by atoms with E-state index in [0.29, 0.717) is 18.0 Å². The van der Waals surface area contributed by atoms with Crippen LogP contribution in [0.3, 0.4) is 0 Å². The summed E-state index contributed by atoms with van der Waals surface area (Å²) in [7, 11) is 2.04. The van der Waals surface area contributed by atoms with Crippen LogP contribution in [-0.4, -0.2) is 51.9 Å². The summed E-state index contributed by atoms with van der Waals surface area (Å²) >= 11 is 3.31. The summed E-state index contributed by atoms with van der Waals surface area (Å²) in [6.45, 7) is 2.98. The van der Waals surface area contributed by atoms with Gasteiger partial charge in [-0.2, -0.15) is 4.31 Å². The van der Waals surface area contributed by atoms with Crippen LogP contribution in [0, 0.1) is 6.92 Å². The quantitative estimate of drug-likeness (QED) is 0.826. The summed E-state index contributed by atoms with van der Waals surface area (Å²) in [6.07, 6.45) is 0. The minimum Gasteiger partial charge on any atom is -0.308 e. The number of rotatable bonds is 5. The molecule has 0 saturated heterocycles. The van der Waals surface area contributed by atoms with Gasteiger partial charge in [0.2, 0.25) is 10.0 Å². The zero-order valence-electron chi connectivity index (χ0n) is 11.1. The third kappa shape index (κ3) is 3.78. The molecule has 4 nitrogen and oxygen atoms in total. The first-order valence-corrected chi connectivity index (χ1v) is 7.85. The van der Waals surface area contributed by atoms with Crippen molar-refractivity contribution in [1.29, 1.82) is 0 Å².